The first kappa shape index (κ1) is 13.0. The second kappa shape index (κ2) is 5.49. The lowest BCUT2D eigenvalue weighted by Gasteiger charge is -2.22. The Morgan fingerprint density at radius 3 is 2.88 bits per heavy atom. The Kier molecular flexibility index (Phi) is 4.21. The second-order valence-corrected chi connectivity index (χ2v) is 5.93. The van der Waals surface area contributed by atoms with E-state index < -0.39 is 0 Å². The third kappa shape index (κ3) is 3.08. The minimum absolute atomic E-state index is 0.241. The quantitative estimate of drug-likeness (QED) is 0.897. The Hall–Kier alpha value is -0.410. The molecule has 0 saturated heterocycles. The van der Waals surface area contributed by atoms with Crippen molar-refractivity contribution in [3.8, 4) is 0 Å². The van der Waals surface area contributed by atoms with Crippen molar-refractivity contribution in [2.45, 2.75) is 38.7 Å². The van der Waals surface area contributed by atoms with E-state index in [1.165, 1.54) is 25.0 Å². The Morgan fingerprint density at radius 2 is 2.24 bits per heavy atom. The van der Waals surface area contributed by atoms with Crippen LogP contribution >= 0.6 is 15.9 Å². The van der Waals surface area contributed by atoms with Gasteiger partial charge in [-0.3, -0.25) is 0 Å². The Morgan fingerprint density at radius 1 is 1.47 bits per heavy atom. The van der Waals surface area contributed by atoms with E-state index in [1.54, 1.807) is 6.07 Å². The lowest BCUT2D eigenvalue weighted by molar-refractivity contribution is 0.0900. The SMILES string of the molecule is CC1CCCC1C(O)Cc1cc(F)ccc1Br. The van der Waals surface area contributed by atoms with Gasteiger partial charge in [-0.25, -0.2) is 4.39 Å². The van der Waals surface area contributed by atoms with E-state index in [-0.39, 0.29) is 11.9 Å². The fourth-order valence-corrected chi connectivity index (χ4v) is 3.23. The Labute approximate surface area is 110 Å². The van der Waals surface area contributed by atoms with Gasteiger partial charge < -0.3 is 5.11 Å². The molecule has 0 amide bonds. The average molecular weight is 301 g/mol. The van der Waals surface area contributed by atoms with Crippen LogP contribution in [0.1, 0.15) is 31.7 Å². The first-order valence-corrected chi connectivity index (χ1v) is 6.99. The molecule has 1 aromatic carbocycles. The molecule has 0 heterocycles. The number of halogens is 2. The van der Waals surface area contributed by atoms with E-state index in [0.717, 1.165) is 16.5 Å². The first-order chi connectivity index (χ1) is 8.08. The summed E-state index contributed by atoms with van der Waals surface area (Å²) < 4.78 is 14.0. The zero-order valence-corrected chi connectivity index (χ0v) is 11.6. The molecule has 0 aromatic heterocycles. The predicted molar refractivity (Wildman–Crippen MR) is 70.3 cm³/mol. The van der Waals surface area contributed by atoms with E-state index in [9.17, 15) is 9.50 Å². The molecule has 0 bridgehead atoms. The fourth-order valence-electron chi connectivity index (χ4n) is 2.82. The summed E-state index contributed by atoms with van der Waals surface area (Å²) in [5.74, 6) is 0.706. The molecule has 1 aliphatic rings. The number of benzene rings is 1. The van der Waals surface area contributed by atoms with Crippen molar-refractivity contribution in [2.75, 3.05) is 0 Å². The van der Waals surface area contributed by atoms with E-state index >= 15 is 0 Å². The molecule has 94 valence electrons. The number of hydrogen-bond donors (Lipinski definition) is 1. The average Bonchev–Trinajstić information content (AvgIpc) is 2.70. The van der Waals surface area contributed by atoms with Crippen molar-refractivity contribution >= 4 is 15.9 Å². The summed E-state index contributed by atoms with van der Waals surface area (Å²) in [6.45, 7) is 2.20. The molecule has 1 saturated carbocycles. The van der Waals surface area contributed by atoms with Gasteiger partial charge in [-0.15, -0.1) is 0 Å². The third-order valence-electron chi connectivity index (χ3n) is 3.86. The summed E-state index contributed by atoms with van der Waals surface area (Å²) in [7, 11) is 0. The van der Waals surface area contributed by atoms with Crippen LogP contribution in [0.2, 0.25) is 0 Å². The van der Waals surface area contributed by atoms with Crippen LogP contribution in [0.25, 0.3) is 0 Å². The summed E-state index contributed by atoms with van der Waals surface area (Å²) in [6, 6.07) is 4.64. The van der Waals surface area contributed by atoms with Crippen molar-refractivity contribution in [1.29, 1.82) is 0 Å². The molecule has 3 atom stereocenters. The molecule has 1 aromatic rings. The van der Waals surface area contributed by atoms with Crippen LogP contribution < -0.4 is 0 Å². The monoisotopic (exact) mass is 300 g/mol. The molecule has 0 aliphatic heterocycles. The molecule has 0 spiro atoms. The summed E-state index contributed by atoms with van der Waals surface area (Å²) in [6.07, 6.45) is 3.67. The molecule has 1 fully saturated rings. The van der Waals surface area contributed by atoms with Crippen LogP contribution in [0.4, 0.5) is 4.39 Å². The molecule has 1 N–H and O–H groups in total. The smallest absolute Gasteiger partial charge is 0.123 e. The normalized spacial score (nSPS) is 26.1. The van der Waals surface area contributed by atoms with Crippen molar-refractivity contribution in [2.24, 2.45) is 11.8 Å². The number of hydrogen-bond acceptors (Lipinski definition) is 1. The Bertz CT molecular complexity index is 394. The van der Waals surface area contributed by atoms with Gasteiger partial charge >= 0.3 is 0 Å². The van der Waals surface area contributed by atoms with Gasteiger partial charge in [-0.1, -0.05) is 35.7 Å². The highest BCUT2D eigenvalue weighted by Crippen LogP contribution is 2.35. The van der Waals surface area contributed by atoms with Gasteiger partial charge in [0.05, 0.1) is 6.10 Å². The van der Waals surface area contributed by atoms with Crippen molar-refractivity contribution < 1.29 is 9.50 Å². The molecule has 17 heavy (non-hydrogen) atoms. The van der Waals surface area contributed by atoms with E-state index in [1.807, 2.05) is 0 Å². The van der Waals surface area contributed by atoms with Gasteiger partial charge in [-0.05, 0) is 48.4 Å². The van der Waals surface area contributed by atoms with E-state index in [2.05, 4.69) is 22.9 Å². The van der Waals surface area contributed by atoms with Crippen LogP contribution in [-0.2, 0) is 6.42 Å². The molecular weight excluding hydrogens is 283 g/mol. The van der Waals surface area contributed by atoms with Gasteiger partial charge in [0.1, 0.15) is 5.82 Å². The molecule has 2 rings (SSSR count). The predicted octanol–water partition coefficient (Wildman–Crippen LogP) is 3.93. The second-order valence-electron chi connectivity index (χ2n) is 5.08. The highest BCUT2D eigenvalue weighted by molar-refractivity contribution is 9.10. The highest BCUT2D eigenvalue weighted by Gasteiger charge is 2.29. The number of aliphatic hydroxyl groups is 1. The van der Waals surface area contributed by atoms with Gasteiger partial charge in [-0.2, -0.15) is 0 Å². The van der Waals surface area contributed by atoms with Crippen LogP contribution in [-0.4, -0.2) is 11.2 Å². The van der Waals surface area contributed by atoms with Crippen LogP contribution in [0.3, 0.4) is 0 Å². The number of rotatable bonds is 3. The molecular formula is C14H18BrFO. The molecule has 1 nitrogen and oxygen atoms in total. The zero-order chi connectivity index (χ0) is 12.4. The summed E-state index contributed by atoms with van der Waals surface area (Å²) in [5, 5.41) is 10.2. The molecule has 0 radical (unpaired) electrons. The topological polar surface area (TPSA) is 20.2 Å². The maximum absolute atomic E-state index is 13.1. The lowest BCUT2D eigenvalue weighted by atomic mass is 9.88. The molecule has 3 heteroatoms. The number of aliphatic hydroxyl groups excluding tert-OH is 1. The maximum Gasteiger partial charge on any atom is 0.123 e. The van der Waals surface area contributed by atoms with Gasteiger partial charge in [0.15, 0.2) is 0 Å². The van der Waals surface area contributed by atoms with E-state index in [4.69, 9.17) is 0 Å². The zero-order valence-electron chi connectivity index (χ0n) is 10.00. The molecule has 3 unspecified atom stereocenters. The van der Waals surface area contributed by atoms with Crippen LogP contribution in [0.5, 0.6) is 0 Å². The summed E-state index contributed by atoms with van der Waals surface area (Å²) >= 11 is 3.40. The van der Waals surface area contributed by atoms with Gasteiger partial charge in [0.25, 0.3) is 0 Å². The molecule has 1 aliphatic carbocycles. The van der Waals surface area contributed by atoms with Crippen molar-refractivity contribution in [3.63, 3.8) is 0 Å². The van der Waals surface area contributed by atoms with Gasteiger partial charge in [0, 0.05) is 4.47 Å². The standard InChI is InChI=1S/C14H18BrFO/c1-9-3-2-4-12(9)14(17)8-10-7-11(16)5-6-13(10)15/h5-7,9,12,14,17H,2-4,8H2,1H3. The largest absolute Gasteiger partial charge is 0.392 e. The van der Waals surface area contributed by atoms with Crippen molar-refractivity contribution in [3.05, 3.63) is 34.1 Å². The highest BCUT2D eigenvalue weighted by atomic mass is 79.9. The van der Waals surface area contributed by atoms with Crippen LogP contribution in [0.15, 0.2) is 22.7 Å². The Balaban J connectivity index is 2.07. The van der Waals surface area contributed by atoms with Gasteiger partial charge in [0.2, 0.25) is 0 Å². The van der Waals surface area contributed by atoms with E-state index in [0.29, 0.717) is 18.3 Å². The van der Waals surface area contributed by atoms with Crippen molar-refractivity contribution in [1.82, 2.24) is 0 Å². The third-order valence-corrected chi connectivity index (χ3v) is 4.63. The summed E-state index contributed by atoms with van der Waals surface area (Å²) in [4.78, 5) is 0. The maximum atomic E-state index is 13.1. The minimum atomic E-state index is -0.356. The minimum Gasteiger partial charge on any atom is -0.392 e. The summed E-state index contributed by atoms with van der Waals surface area (Å²) in [5.41, 5.74) is 0.858. The fraction of sp³-hybridized carbons (Fsp3) is 0.571. The van der Waals surface area contributed by atoms with Crippen LogP contribution in [0, 0.1) is 17.7 Å². The first-order valence-electron chi connectivity index (χ1n) is 6.20. The lowest BCUT2D eigenvalue weighted by Crippen LogP contribution is -2.25.